The highest BCUT2D eigenvalue weighted by Gasteiger charge is 2.16. The molecular weight excluding hydrogens is 240 g/mol. The molecule has 18 heavy (non-hydrogen) atoms. The van der Waals surface area contributed by atoms with E-state index in [1.807, 2.05) is 0 Å². The van der Waals surface area contributed by atoms with Crippen molar-refractivity contribution in [1.29, 1.82) is 0 Å². The molecule has 0 unspecified atom stereocenters. The first kappa shape index (κ1) is 13.6. The van der Waals surface area contributed by atoms with E-state index in [9.17, 15) is 19.7 Å². The fraction of sp³-hybridized carbons (Fsp3) is 0.273. The van der Waals surface area contributed by atoms with Gasteiger partial charge in [0.15, 0.2) is 0 Å². The first-order valence-corrected chi connectivity index (χ1v) is 5.18. The maximum absolute atomic E-state index is 11.3. The summed E-state index contributed by atoms with van der Waals surface area (Å²) in [6.45, 7) is 3.23. The Kier molecular flexibility index (Phi) is 4.36. The zero-order chi connectivity index (χ0) is 13.7. The fourth-order valence-electron chi connectivity index (χ4n) is 1.32. The Morgan fingerprint density at radius 1 is 1.44 bits per heavy atom. The lowest BCUT2D eigenvalue weighted by Crippen LogP contribution is -2.25. The SMILES string of the molecule is CCOC(=O)C(=O)Nc1ccc([N+](=O)[O-])c(C)c1. The van der Waals surface area contributed by atoms with Crippen molar-refractivity contribution in [1.82, 2.24) is 0 Å². The second-order valence-corrected chi connectivity index (χ2v) is 3.43. The molecule has 0 saturated carbocycles. The largest absolute Gasteiger partial charge is 0.459 e. The second-order valence-electron chi connectivity index (χ2n) is 3.43. The molecule has 1 aromatic carbocycles. The number of carbonyl (C=O) groups is 2. The Labute approximate surface area is 103 Å². The van der Waals surface area contributed by atoms with Gasteiger partial charge in [0, 0.05) is 17.3 Å². The maximum atomic E-state index is 11.3. The molecule has 7 nitrogen and oxygen atoms in total. The number of ether oxygens (including phenoxy) is 1. The van der Waals surface area contributed by atoms with Crippen LogP contribution in [0.5, 0.6) is 0 Å². The summed E-state index contributed by atoms with van der Waals surface area (Å²) >= 11 is 0. The molecule has 0 aliphatic heterocycles. The van der Waals surface area contributed by atoms with Crippen molar-refractivity contribution in [2.24, 2.45) is 0 Å². The van der Waals surface area contributed by atoms with Gasteiger partial charge in [0.1, 0.15) is 0 Å². The highest BCUT2D eigenvalue weighted by Crippen LogP contribution is 2.21. The van der Waals surface area contributed by atoms with Crippen LogP contribution >= 0.6 is 0 Å². The Morgan fingerprint density at radius 3 is 2.61 bits per heavy atom. The van der Waals surface area contributed by atoms with Gasteiger partial charge >= 0.3 is 11.9 Å². The first-order chi connectivity index (χ1) is 8.45. The van der Waals surface area contributed by atoms with Gasteiger partial charge in [-0.1, -0.05) is 0 Å². The zero-order valence-electron chi connectivity index (χ0n) is 9.93. The van der Waals surface area contributed by atoms with Gasteiger partial charge in [0.2, 0.25) is 0 Å². The smallest absolute Gasteiger partial charge is 0.397 e. The minimum absolute atomic E-state index is 0.0517. The molecule has 0 aliphatic rings. The predicted octanol–water partition coefficient (Wildman–Crippen LogP) is 1.40. The normalized spacial score (nSPS) is 9.67. The van der Waals surface area contributed by atoms with Crippen LogP contribution in [0.3, 0.4) is 0 Å². The molecule has 0 heterocycles. The van der Waals surface area contributed by atoms with Crippen molar-refractivity contribution >= 4 is 23.3 Å². The third-order valence-corrected chi connectivity index (χ3v) is 2.11. The molecule has 96 valence electrons. The quantitative estimate of drug-likeness (QED) is 0.379. The number of benzene rings is 1. The third kappa shape index (κ3) is 3.27. The van der Waals surface area contributed by atoms with Crippen LogP contribution in [0.15, 0.2) is 18.2 Å². The lowest BCUT2D eigenvalue weighted by molar-refractivity contribution is -0.385. The maximum Gasteiger partial charge on any atom is 0.397 e. The Bertz CT molecular complexity index is 498. The van der Waals surface area contributed by atoms with E-state index in [1.165, 1.54) is 25.1 Å². The van der Waals surface area contributed by atoms with Crippen molar-refractivity contribution in [3.05, 3.63) is 33.9 Å². The minimum Gasteiger partial charge on any atom is -0.459 e. The average molecular weight is 252 g/mol. The monoisotopic (exact) mass is 252 g/mol. The van der Waals surface area contributed by atoms with Crippen LogP contribution in [0.2, 0.25) is 0 Å². The van der Waals surface area contributed by atoms with Gasteiger partial charge in [-0.3, -0.25) is 14.9 Å². The Balaban J connectivity index is 2.81. The summed E-state index contributed by atoms with van der Waals surface area (Å²) in [5.41, 5.74) is 0.641. The summed E-state index contributed by atoms with van der Waals surface area (Å²) < 4.78 is 4.51. The number of nitrogens with zero attached hydrogens (tertiary/aromatic N) is 1. The van der Waals surface area contributed by atoms with Gasteiger partial charge in [-0.15, -0.1) is 0 Å². The summed E-state index contributed by atoms with van der Waals surface area (Å²) in [6, 6.07) is 4.02. The van der Waals surface area contributed by atoms with Crippen molar-refractivity contribution in [2.75, 3.05) is 11.9 Å². The Morgan fingerprint density at radius 2 is 2.11 bits per heavy atom. The summed E-state index contributed by atoms with van der Waals surface area (Å²) in [4.78, 5) is 32.4. The van der Waals surface area contributed by atoms with Gasteiger partial charge in [-0.2, -0.15) is 0 Å². The number of aryl methyl sites for hydroxylation is 1. The van der Waals surface area contributed by atoms with Gasteiger partial charge in [-0.25, -0.2) is 4.79 Å². The lowest BCUT2D eigenvalue weighted by Gasteiger charge is -2.05. The van der Waals surface area contributed by atoms with Crippen molar-refractivity contribution in [2.45, 2.75) is 13.8 Å². The molecular formula is C11H12N2O5. The molecule has 1 rings (SSSR count). The average Bonchev–Trinajstić information content (AvgIpc) is 2.28. The number of esters is 1. The summed E-state index contributed by atoms with van der Waals surface area (Å²) in [5.74, 6) is -1.90. The second kappa shape index (κ2) is 5.76. The van der Waals surface area contributed by atoms with Crippen LogP contribution < -0.4 is 5.32 Å². The molecule has 1 N–H and O–H groups in total. The van der Waals surface area contributed by atoms with Crippen molar-refractivity contribution < 1.29 is 19.2 Å². The number of hydrogen-bond donors (Lipinski definition) is 1. The zero-order valence-corrected chi connectivity index (χ0v) is 9.93. The molecule has 0 bridgehead atoms. The number of rotatable bonds is 3. The molecule has 7 heteroatoms. The number of nitrogens with one attached hydrogen (secondary N) is 1. The van der Waals surface area contributed by atoms with E-state index in [0.717, 1.165) is 0 Å². The highest BCUT2D eigenvalue weighted by atomic mass is 16.6. The summed E-state index contributed by atoms with van der Waals surface area (Å²) in [7, 11) is 0. The van der Waals surface area contributed by atoms with Crippen LogP contribution in [-0.2, 0) is 14.3 Å². The third-order valence-electron chi connectivity index (χ3n) is 2.11. The van der Waals surface area contributed by atoms with E-state index >= 15 is 0 Å². The van der Waals surface area contributed by atoms with E-state index in [4.69, 9.17) is 0 Å². The molecule has 0 radical (unpaired) electrons. The number of nitro benzene ring substituents is 1. The topological polar surface area (TPSA) is 98.5 Å². The van der Waals surface area contributed by atoms with Crippen LogP contribution in [0.25, 0.3) is 0 Å². The molecule has 0 aromatic heterocycles. The number of anilines is 1. The lowest BCUT2D eigenvalue weighted by atomic mass is 10.2. The molecule has 0 spiro atoms. The van der Waals surface area contributed by atoms with E-state index < -0.39 is 16.8 Å². The highest BCUT2D eigenvalue weighted by molar-refractivity contribution is 6.37. The van der Waals surface area contributed by atoms with Gasteiger partial charge < -0.3 is 10.1 Å². The molecule has 0 saturated heterocycles. The number of nitro groups is 1. The number of hydrogen-bond acceptors (Lipinski definition) is 5. The number of carbonyl (C=O) groups excluding carboxylic acids is 2. The van der Waals surface area contributed by atoms with E-state index in [2.05, 4.69) is 10.1 Å². The van der Waals surface area contributed by atoms with E-state index in [1.54, 1.807) is 6.92 Å². The number of amides is 1. The van der Waals surface area contributed by atoms with Crippen LogP contribution in [0.1, 0.15) is 12.5 Å². The van der Waals surface area contributed by atoms with Crippen LogP contribution in [0.4, 0.5) is 11.4 Å². The standard InChI is InChI=1S/C11H12N2O5/c1-3-18-11(15)10(14)12-8-4-5-9(13(16)17)7(2)6-8/h4-6H,3H2,1-2H3,(H,12,14). The van der Waals surface area contributed by atoms with Gasteiger partial charge in [0.05, 0.1) is 11.5 Å². The minimum atomic E-state index is -0.992. The molecule has 1 aromatic rings. The first-order valence-electron chi connectivity index (χ1n) is 5.18. The van der Waals surface area contributed by atoms with Gasteiger partial charge in [0.25, 0.3) is 5.69 Å². The Hall–Kier alpha value is -2.44. The van der Waals surface area contributed by atoms with Crippen LogP contribution in [0, 0.1) is 17.0 Å². The van der Waals surface area contributed by atoms with Crippen molar-refractivity contribution in [3.63, 3.8) is 0 Å². The predicted molar refractivity (Wildman–Crippen MR) is 63.1 cm³/mol. The van der Waals surface area contributed by atoms with E-state index in [0.29, 0.717) is 11.3 Å². The molecule has 1 amide bonds. The molecule has 0 fully saturated rings. The molecule has 0 atom stereocenters. The van der Waals surface area contributed by atoms with Crippen LogP contribution in [-0.4, -0.2) is 23.4 Å². The van der Waals surface area contributed by atoms with Gasteiger partial charge in [-0.05, 0) is 26.0 Å². The van der Waals surface area contributed by atoms with E-state index in [-0.39, 0.29) is 12.3 Å². The fourth-order valence-corrected chi connectivity index (χ4v) is 1.32. The molecule has 0 aliphatic carbocycles. The summed E-state index contributed by atoms with van der Waals surface area (Å²) in [5, 5.41) is 12.9. The summed E-state index contributed by atoms with van der Waals surface area (Å²) in [6.07, 6.45) is 0. The van der Waals surface area contributed by atoms with Crippen molar-refractivity contribution in [3.8, 4) is 0 Å².